The normalized spacial score (nSPS) is 17.4. The lowest BCUT2D eigenvalue weighted by Gasteiger charge is -2.22. The molecule has 2 aromatic rings. The van der Waals surface area contributed by atoms with Gasteiger partial charge in [0.1, 0.15) is 5.75 Å². The SMILES string of the molecule is CC1C(=O)NOc2cc(CCNCC(O)c3ccccc3O)ccc21. The zero-order valence-electron chi connectivity index (χ0n) is 14.0. The monoisotopic (exact) mass is 342 g/mol. The largest absolute Gasteiger partial charge is 0.508 e. The van der Waals surface area contributed by atoms with Crippen LogP contribution < -0.4 is 15.6 Å². The molecule has 3 rings (SSSR count). The van der Waals surface area contributed by atoms with E-state index in [1.807, 2.05) is 25.1 Å². The second-order valence-corrected chi connectivity index (χ2v) is 6.19. The number of hydroxylamine groups is 1. The van der Waals surface area contributed by atoms with Crippen molar-refractivity contribution >= 4 is 5.91 Å². The number of benzene rings is 2. The number of amides is 1. The van der Waals surface area contributed by atoms with E-state index in [1.54, 1.807) is 24.3 Å². The quantitative estimate of drug-likeness (QED) is 0.601. The molecule has 0 saturated carbocycles. The van der Waals surface area contributed by atoms with Gasteiger partial charge in [-0.3, -0.25) is 4.79 Å². The van der Waals surface area contributed by atoms with Crippen molar-refractivity contribution in [3.05, 3.63) is 59.2 Å². The fraction of sp³-hybridized carbons (Fsp3) is 0.316. The maximum absolute atomic E-state index is 11.6. The third-order valence-corrected chi connectivity index (χ3v) is 4.42. The van der Waals surface area contributed by atoms with Crippen molar-refractivity contribution in [2.45, 2.75) is 25.4 Å². The van der Waals surface area contributed by atoms with Crippen LogP contribution in [0, 0.1) is 0 Å². The molecule has 0 bridgehead atoms. The molecule has 2 aromatic carbocycles. The van der Waals surface area contributed by atoms with Gasteiger partial charge in [-0.1, -0.05) is 30.3 Å². The van der Waals surface area contributed by atoms with E-state index in [9.17, 15) is 15.0 Å². The Hall–Kier alpha value is -2.57. The summed E-state index contributed by atoms with van der Waals surface area (Å²) in [6, 6.07) is 12.6. The zero-order valence-corrected chi connectivity index (χ0v) is 14.0. The fourth-order valence-corrected chi connectivity index (χ4v) is 2.87. The molecule has 0 spiro atoms. The Morgan fingerprint density at radius 3 is 2.88 bits per heavy atom. The van der Waals surface area contributed by atoms with Gasteiger partial charge in [0.05, 0.1) is 12.0 Å². The number of aliphatic hydroxyl groups excluding tert-OH is 1. The van der Waals surface area contributed by atoms with Crippen molar-refractivity contribution in [1.29, 1.82) is 0 Å². The first-order chi connectivity index (χ1) is 12.1. The van der Waals surface area contributed by atoms with E-state index in [2.05, 4.69) is 10.8 Å². The van der Waals surface area contributed by atoms with E-state index in [0.717, 1.165) is 17.5 Å². The van der Waals surface area contributed by atoms with E-state index in [0.29, 0.717) is 24.4 Å². The Morgan fingerprint density at radius 2 is 2.08 bits per heavy atom. The van der Waals surface area contributed by atoms with Gasteiger partial charge in [0.25, 0.3) is 5.91 Å². The molecule has 132 valence electrons. The molecular weight excluding hydrogens is 320 g/mol. The summed E-state index contributed by atoms with van der Waals surface area (Å²) in [4.78, 5) is 16.8. The molecule has 0 radical (unpaired) electrons. The van der Waals surface area contributed by atoms with Crippen LogP contribution in [0.15, 0.2) is 42.5 Å². The average molecular weight is 342 g/mol. The highest BCUT2D eigenvalue weighted by Crippen LogP contribution is 2.30. The molecule has 1 aliphatic heterocycles. The predicted molar refractivity (Wildman–Crippen MR) is 93.3 cm³/mol. The van der Waals surface area contributed by atoms with E-state index < -0.39 is 6.10 Å². The highest BCUT2D eigenvalue weighted by Gasteiger charge is 2.25. The molecule has 0 fully saturated rings. The number of hydrogen-bond acceptors (Lipinski definition) is 5. The van der Waals surface area contributed by atoms with Crippen LogP contribution >= 0.6 is 0 Å². The summed E-state index contributed by atoms with van der Waals surface area (Å²) < 4.78 is 0. The number of phenols is 1. The summed E-state index contributed by atoms with van der Waals surface area (Å²) in [7, 11) is 0. The molecule has 1 aliphatic rings. The molecule has 0 aromatic heterocycles. The lowest BCUT2D eigenvalue weighted by molar-refractivity contribution is -0.130. The van der Waals surface area contributed by atoms with E-state index in [4.69, 9.17) is 4.84 Å². The summed E-state index contributed by atoms with van der Waals surface area (Å²) in [6.45, 7) is 2.87. The third-order valence-electron chi connectivity index (χ3n) is 4.42. The van der Waals surface area contributed by atoms with Crippen LogP contribution in [-0.4, -0.2) is 29.2 Å². The maximum atomic E-state index is 11.6. The second-order valence-electron chi connectivity index (χ2n) is 6.19. The number of para-hydroxylation sites is 1. The molecule has 0 aliphatic carbocycles. The lowest BCUT2D eigenvalue weighted by Crippen LogP contribution is -2.35. The van der Waals surface area contributed by atoms with Gasteiger partial charge >= 0.3 is 0 Å². The van der Waals surface area contributed by atoms with Crippen molar-refractivity contribution in [2.24, 2.45) is 0 Å². The van der Waals surface area contributed by atoms with Crippen LogP contribution in [-0.2, 0) is 11.2 Å². The summed E-state index contributed by atoms with van der Waals surface area (Å²) in [5.41, 5.74) is 4.89. The van der Waals surface area contributed by atoms with E-state index >= 15 is 0 Å². The van der Waals surface area contributed by atoms with Crippen LogP contribution in [0.25, 0.3) is 0 Å². The highest BCUT2D eigenvalue weighted by atomic mass is 16.7. The van der Waals surface area contributed by atoms with Crippen molar-refractivity contribution in [2.75, 3.05) is 13.1 Å². The smallest absolute Gasteiger partial charge is 0.259 e. The van der Waals surface area contributed by atoms with Gasteiger partial charge < -0.3 is 20.4 Å². The molecule has 1 amide bonds. The van der Waals surface area contributed by atoms with Gasteiger partial charge in [-0.05, 0) is 37.6 Å². The second kappa shape index (κ2) is 7.55. The molecule has 0 saturated heterocycles. The van der Waals surface area contributed by atoms with Gasteiger partial charge in [-0.15, -0.1) is 0 Å². The molecule has 2 atom stereocenters. The first-order valence-corrected chi connectivity index (χ1v) is 8.32. The highest BCUT2D eigenvalue weighted by molar-refractivity contribution is 5.84. The van der Waals surface area contributed by atoms with E-state index in [1.165, 1.54) is 0 Å². The molecule has 4 N–H and O–H groups in total. The Bertz CT molecular complexity index is 763. The van der Waals surface area contributed by atoms with E-state index in [-0.39, 0.29) is 17.6 Å². The number of aromatic hydroxyl groups is 1. The molecule has 2 unspecified atom stereocenters. The van der Waals surface area contributed by atoms with Crippen LogP contribution in [0.3, 0.4) is 0 Å². The lowest BCUT2D eigenvalue weighted by atomic mass is 9.96. The molecule has 6 heteroatoms. The Balaban J connectivity index is 1.51. The maximum Gasteiger partial charge on any atom is 0.259 e. The number of aliphatic hydroxyl groups is 1. The molecule has 6 nitrogen and oxygen atoms in total. The third kappa shape index (κ3) is 3.92. The topological polar surface area (TPSA) is 90.8 Å². The van der Waals surface area contributed by atoms with Crippen LogP contribution in [0.1, 0.15) is 35.6 Å². The number of carbonyl (C=O) groups is 1. The molecule has 25 heavy (non-hydrogen) atoms. The van der Waals surface area contributed by atoms with Crippen LogP contribution in [0.5, 0.6) is 11.5 Å². The Morgan fingerprint density at radius 1 is 1.28 bits per heavy atom. The van der Waals surface area contributed by atoms with Gasteiger partial charge in [0.2, 0.25) is 0 Å². The van der Waals surface area contributed by atoms with Gasteiger partial charge in [0.15, 0.2) is 5.75 Å². The summed E-state index contributed by atoms with van der Waals surface area (Å²) in [5, 5.41) is 23.0. The predicted octanol–water partition coefficient (Wildman–Crippen LogP) is 1.78. The van der Waals surface area contributed by atoms with Crippen molar-refractivity contribution < 1.29 is 19.8 Å². The number of nitrogens with one attached hydrogen (secondary N) is 2. The van der Waals surface area contributed by atoms with Gasteiger partial charge in [-0.2, -0.15) is 5.48 Å². The van der Waals surface area contributed by atoms with Gasteiger partial charge in [0, 0.05) is 17.7 Å². The summed E-state index contributed by atoms with van der Waals surface area (Å²) >= 11 is 0. The fourth-order valence-electron chi connectivity index (χ4n) is 2.87. The first kappa shape index (κ1) is 17.3. The number of rotatable bonds is 6. The number of hydrogen-bond donors (Lipinski definition) is 4. The van der Waals surface area contributed by atoms with Crippen LogP contribution in [0.4, 0.5) is 0 Å². The minimum atomic E-state index is -0.760. The number of carbonyl (C=O) groups excluding carboxylic acids is 1. The van der Waals surface area contributed by atoms with Crippen LogP contribution in [0.2, 0.25) is 0 Å². The standard InChI is InChI=1S/C19H22N2O4/c1-12-14-7-6-13(10-18(14)25-21-19(12)24)8-9-20-11-17(23)15-4-2-3-5-16(15)22/h2-7,10,12,17,20,22-23H,8-9,11H2,1H3,(H,21,24). The van der Waals surface area contributed by atoms with Crippen molar-refractivity contribution in [3.8, 4) is 11.5 Å². The Kier molecular flexibility index (Phi) is 5.21. The van der Waals surface area contributed by atoms with Crippen molar-refractivity contribution in [3.63, 3.8) is 0 Å². The van der Waals surface area contributed by atoms with Gasteiger partial charge in [-0.25, -0.2) is 0 Å². The molecule has 1 heterocycles. The number of phenolic OH excluding ortho intramolecular Hbond substituents is 1. The average Bonchev–Trinajstić information content (AvgIpc) is 2.62. The minimum absolute atomic E-state index is 0.0970. The zero-order chi connectivity index (χ0) is 17.8. The number of fused-ring (bicyclic) bond motifs is 1. The summed E-state index contributed by atoms with van der Waals surface area (Å²) in [5.74, 6) is 0.420. The van der Waals surface area contributed by atoms with Crippen molar-refractivity contribution in [1.82, 2.24) is 10.8 Å². The molecular formula is C19H22N2O4. The summed E-state index contributed by atoms with van der Waals surface area (Å²) in [6.07, 6.45) is -0.00366. The first-order valence-electron chi connectivity index (χ1n) is 8.32. The Labute approximate surface area is 146 Å². The minimum Gasteiger partial charge on any atom is -0.508 e.